The molecule has 0 aliphatic carbocycles. The van der Waals surface area contributed by atoms with Crippen molar-refractivity contribution in [1.29, 1.82) is 0 Å². The SMILES string of the molecule is COC(=O)c1c(C(=O)c2cccc(OC)c2)c(O)c2cc(OC)c(OC)c(OC)c2c1-c1ccc(OC)c(OC)c1. The Morgan fingerprint density at radius 3 is 1.93 bits per heavy atom. The van der Waals surface area contributed by atoms with E-state index in [1.807, 2.05) is 0 Å². The fourth-order valence-electron chi connectivity index (χ4n) is 4.81. The first kappa shape index (κ1) is 28.9. The number of methoxy groups -OCH3 is 7. The van der Waals surface area contributed by atoms with Gasteiger partial charge in [0.2, 0.25) is 5.75 Å². The average molecular weight is 563 g/mol. The molecule has 10 heteroatoms. The zero-order chi connectivity index (χ0) is 29.8. The number of hydrogen-bond donors (Lipinski definition) is 1. The molecule has 0 spiro atoms. The van der Waals surface area contributed by atoms with Gasteiger partial charge >= 0.3 is 5.97 Å². The molecule has 4 aromatic carbocycles. The number of benzene rings is 4. The van der Waals surface area contributed by atoms with Crippen LogP contribution < -0.4 is 28.4 Å². The van der Waals surface area contributed by atoms with E-state index in [1.54, 1.807) is 36.4 Å². The summed E-state index contributed by atoms with van der Waals surface area (Å²) < 4.78 is 38.3. The third-order valence-electron chi connectivity index (χ3n) is 6.69. The van der Waals surface area contributed by atoms with Gasteiger partial charge < -0.3 is 38.3 Å². The molecule has 0 unspecified atom stereocenters. The molecular weight excluding hydrogens is 532 g/mol. The molecule has 1 N–H and O–H groups in total. The second-order valence-corrected chi connectivity index (χ2v) is 8.66. The van der Waals surface area contributed by atoms with Crippen LogP contribution in [0, 0.1) is 0 Å². The highest BCUT2D eigenvalue weighted by Gasteiger charge is 2.34. The number of phenolic OH excluding ortho intramolecular Hbond substituents is 1. The Balaban J connectivity index is 2.29. The van der Waals surface area contributed by atoms with Gasteiger partial charge in [-0.25, -0.2) is 4.79 Å². The van der Waals surface area contributed by atoms with E-state index >= 15 is 0 Å². The lowest BCUT2D eigenvalue weighted by Crippen LogP contribution is -2.15. The van der Waals surface area contributed by atoms with E-state index in [0.29, 0.717) is 22.8 Å². The molecule has 0 radical (unpaired) electrons. The van der Waals surface area contributed by atoms with Crippen molar-refractivity contribution in [3.8, 4) is 51.4 Å². The van der Waals surface area contributed by atoms with Gasteiger partial charge in [-0.05, 0) is 35.9 Å². The first-order valence-corrected chi connectivity index (χ1v) is 12.3. The number of phenols is 1. The third kappa shape index (κ3) is 4.88. The van der Waals surface area contributed by atoms with Crippen molar-refractivity contribution in [3.05, 3.63) is 65.2 Å². The lowest BCUT2D eigenvalue weighted by atomic mass is 9.85. The zero-order valence-corrected chi connectivity index (χ0v) is 23.7. The second kappa shape index (κ2) is 12.0. The lowest BCUT2D eigenvalue weighted by molar-refractivity contribution is 0.0598. The van der Waals surface area contributed by atoms with Crippen LogP contribution in [-0.4, -0.2) is 66.6 Å². The maximum Gasteiger partial charge on any atom is 0.339 e. The number of rotatable bonds is 10. The number of hydrogen-bond acceptors (Lipinski definition) is 10. The molecule has 4 aromatic rings. The monoisotopic (exact) mass is 562 g/mol. The van der Waals surface area contributed by atoms with Crippen molar-refractivity contribution in [3.63, 3.8) is 0 Å². The van der Waals surface area contributed by atoms with Crippen molar-refractivity contribution in [2.75, 3.05) is 49.8 Å². The fraction of sp³-hybridized carbons (Fsp3) is 0.226. The number of fused-ring (bicyclic) bond motifs is 1. The van der Waals surface area contributed by atoms with E-state index in [4.69, 9.17) is 33.2 Å². The van der Waals surface area contributed by atoms with Crippen LogP contribution in [0.3, 0.4) is 0 Å². The standard InChI is InChI=1S/C31H30O10/c1-35-18-10-8-9-17(13-18)27(32)26-25(31(34)41-7)23(16-11-12-20(36-2)21(14-16)37-3)24-19(28(26)33)15-22(38-4)29(39-5)30(24)40-6/h8-15,33H,1-7H3. The molecule has 0 aromatic heterocycles. The number of esters is 1. The van der Waals surface area contributed by atoms with Crippen LogP contribution in [0.4, 0.5) is 0 Å². The quantitative estimate of drug-likeness (QED) is 0.202. The second-order valence-electron chi connectivity index (χ2n) is 8.66. The van der Waals surface area contributed by atoms with Gasteiger partial charge in [-0.1, -0.05) is 18.2 Å². The fourth-order valence-corrected chi connectivity index (χ4v) is 4.81. The molecule has 0 fully saturated rings. The Hall–Kier alpha value is -5.12. The van der Waals surface area contributed by atoms with E-state index in [9.17, 15) is 14.7 Å². The Bertz CT molecular complexity index is 1640. The summed E-state index contributed by atoms with van der Waals surface area (Å²) in [6.45, 7) is 0. The summed E-state index contributed by atoms with van der Waals surface area (Å²) in [5, 5.41) is 12.2. The largest absolute Gasteiger partial charge is 0.506 e. The van der Waals surface area contributed by atoms with Crippen LogP contribution in [0.1, 0.15) is 26.3 Å². The topological polar surface area (TPSA) is 119 Å². The molecule has 41 heavy (non-hydrogen) atoms. The number of ketones is 1. The van der Waals surface area contributed by atoms with Crippen LogP contribution in [0.25, 0.3) is 21.9 Å². The predicted octanol–water partition coefficient (Wildman–Crippen LogP) is 5.28. The summed E-state index contributed by atoms with van der Waals surface area (Å²) in [4.78, 5) is 27.7. The molecule has 0 aliphatic rings. The van der Waals surface area contributed by atoms with Crippen molar-refractivity contribution >= 4 is 22.5 Å². The number of carbonyl (C=O) groups is 2. The van der Waals surface area contributed by atoms with Gasteiger partial charge in [0, 0.05) is 21.9 Å². The lowest BCUT2D eigenvalue weighted by Gasteiger charge is -2.23. The number of aromatic hydroxyl groups is 1. The Morgan fingerprint density at radius 2 is 1.34 bits per heavy atom. The number of carbonyl (C=O) groups excluding carboxylic acids is 2. The van der Waals surface area contributed by atoms with Crippen molar-refractivity contribution in [2.24, 2.45) is 0 Å². The molecule has 0 amide bonds. The van der Waals surface area contributed by atoms with E-state index in [-0.39, 0.29) is 50.3 Å². The maximum absolute atomic E-state index is 14.1. The van der Waals surface area contributed by atoms with Crippen LogP contribution in [0.2, 0.25) is 0 Å². The van der Waals surface area contributed by atoms with Gasteiger partial charge in [0.25, 0.3) is 0 Å². The number of ether oxygens (including phenoxy) is 7. The highest BCUT2D eigenvalue weighted by molar-refractivity contribution is 6.25. The van der Waals surface area contributed by atoms with Crippen LogP contribution >= 0.6 is 0 Å². The van der Waals surface area contributed by atoms with E-state index in [0.717, 1.165) is 0 Å². The molecule has 10 nitrogen and oxygen atoms in total. The zero-order valence-electron chi connectivity index (χ0n) is 23.7. The highest BCUT2D eigenvalue weighted by atomic mass is 16.5. The van der Waals surface area contributed by atoms with E-state index in [2.05, 4.69) is 0 Å². The molecular formula is C31H30O10. The molecule has 214 valence electrons. The minimum absolute atomic E-state index is 0.160. The van der Waals surface area contributed by atoms with Gasteiger partial charge in [0.05, 0.1) is 60.9 Å². The average Bonchev–Trinajstić information content (AvgIpc) is 3.02. The van der Waals surface area contributed by atoms with Crippen LogP contribution in [-0.2, 0) is 4.74 Å². The first-order valence-electron chi connectivity index (χ1n) is 12.3. The maximum atomic E-state index is 14.1. The molecule has 4 rings (SSSR count). The van der Waals surface area contributed by atoms with Gasteiger partial charge in [-0.3, -0.25) is 4.79 Å². The van der Waals surface area contributed by atoms with Gasteiger partial charge in [0.1, 0.15) is 11.5 Å². The Morgan fingerprint density at radius 1 is 0.659 bits per heavy atom. The van der Waals surface area contributed by atoms with Crippen LogP contribution in [0.15, 0.2) is 48.5 Å². The van der Waals surface area contributed by atoms with Crippen LogP contribution in [0.5, 0.6) is 40.2 Å². The molecule has 0 saturated carbocycles. The Labute approximate surface area is 236 Å². The minimum atomic E-state index is -0.866. The van der Waals surface area contributed by atoms with Crippen molar-refractivity contribution in [1.82, 2.24) is 0 Å². The smallest absolute Gasteiger partial charge is 0.339 e. The molecule has 0 bridgehead atoms. The summed E-state index contributed by atoms with van der Waals surface area (Å²) in [5.74, 6) is -0.148. The molecule has 0 heterocycles. The highest BCUT2D eigenvalue weighted by Crippen LogP contribution is 2.53. The van der Waals surface area contributed by atoms with E-state index in [1.165, 1.54) is 61.9 Å². The summed E-state index contributed by atoms with van der Waals surface area (Å²) in [5.41, 5.74) is 0.377. The summed E-state index contributed by atoms with van der Waals surface area (Å²) in [6, 6.07) is 12.9. The van der Waals surface area contributed by atoms with Crippen molar-refractivity contribution < 1.29 is 47.9 Å². The summed E-state index contributed by atoms with van der Waals surface area (Å²) in [7, 11) is 9.91. The summed E-state index contributed by atoms with van der Waals surface area (Å²) >= 11 is 0. The predicted molar refractivity (Wildman–Crippen MR) is 152 cm³/mol. The van der Waals surface area contributed by atoms with Gasteiger partial charge in [-0.15, -0.1) is 0 Å². The normalized spacial score (nSPS) is 10.6. The molecule has 0 atom stereocenters. The molecule has 0 aliphatic heterocycles. The van der Waals surface area contributed by atoms with Gasteiger partial charge in [-0.2, -0.15) is 0 Å². The summed E-state index contributed by atoms with van der Waals surface area (Å²) in [6.07, 6.45) is 0. The van der Waals surface area contributed by atoms with Gasteiger partial charge in [0.15, 0.2) is 28.8 Å². The molecule has 0 saturated heterocycles. The third-order valence-corrected chi connectivity index (χ3v) is 6.69. The minimum Gasteiger partial charge on any atom is -0.506 e. The van der Waals surface area contributed by atoms with Crippen molar-refractivity contribution in [2.45, 2.75) is 0 Å². The Kier molecular flexibility index (Phi) is 8.42. The first-order chi connectivity index (χ1) is 19.8. The van der Waals surface area contributed by atoms with E-state index < -0.39 is 17.5 Å².